The summed E-state index contributed by atoms with van der Waals surface area (Å²) in [6.07, 6.45) is 3.74. The SMILES string of the molecule is CCN1CCCC(NC(C)c2ccc(F)cn2)C1. The molecule has 3 nitrogen and oxygen atoms in total. The summed E-state index contributed by atoms with van der Waals surface area (Å²) in [7, 11) is 0. The van der Waals surface area contributed by atoms with Crippen LogP contribution in [-0.4, -0.2) is 35.6 Å². The molecule has 1 aliphatic heterocycles. The van der Waals surface area contributed by atoms with Crippen LogP contribution in [0.3, 0.4) is 0 Å². The van der Waals surface area contributed by atoms with Crippen LogP contribution in [0.25, 0.3) is 0 Å². The van der Waals surface area contributed by atoms with Gasteiger partial charge in [0.1, 0.15) is 5.82 Å². The van der Waals surface area contributed by atoms with Crippen LogP contribution in [0.5, 0.6) is 0 Å². The Morgan fingerprint density at radius 2 is 2.39 bits per heavy atom. The van der Waals surface area contributed by atoms with Crippen LogP contribution in [0.4, 0.5) is 4.39 Å². The van der Waals surface area contributed by atoms with Gasteiger partial charge in [0.2, 0.25) is 0 Å². The second kappa shape index (κ2) is 6.25. The molecule has 2 heterocycles. The van der Waals surface area contributed by atoms with Crippen molar-refractivity contribution in [3.8, 4) is 0 Å². The molecule has 2 atom stereocenters. The smallest absolute Gasteiger partial charge is 0.141 e. The maximum atomic E-state index is 12.8. The number of pyridine rings is 1. The van der Waals surface area contributed by atoms with Gasteiger partial charge in [-0.15, -0.1) is 0 Å². The van der Waals surface area contributed by atoms with Crippen molar-refractivity contribution in [3.63, 3.8) is 0 Å². The lowest BCUT2D eigenvalue weighted by atomic mass is 10.0. The average Bonchev–Trinajstić information content (AvgIpc) is 2.39. The summed E-state index contributed by atoms with van der Waals surface area (Å²) in [4.78, 5) is 6.60. The van der Waals surface area contributed by atoms with E-state index in [4.69, 9.17) is 0 Å². The molecule has 0 saturated carbocycles. The largest absolute Gasteiger partial charge is 0.305 e. The van der Waals surface area contributed by atoms with Crippen LogP contribution in [0.15, 0.2) is 18.3 Å². The monoisotopic (exact) mass is 251 g/mol. The van der Waals surface area contributed by atoms with Crippen LogP contribution < -0.4 is 5.32 Å². The highest BCUT2D eigenvalue weighted by molar-refractivity contribution is 5.09. The summed E-state index contributed by atoms with van der Waals surface area (Å²) in [6.45, 7) is 7.71. The Balaban J connectivity index is 1.90. The Morgan fingerprint density at radius 3 is 3.06 bits per heavy atom. The molecule has 1 saturated heterocycles. The van der Waals surface area contributed by atoms with Gasteiger partial charge in [-0.1, -0.05) is 6.92 Å². The normalized spacial score (nSPS) is 22.9. The minimum atomic E-state index is -0.277. The predicted molar refractivity (Wildman–Crippen MR) is 70.9 cm³/mol. The van der Waals surface area contributed by atoms with E-state index in [1.165, 1.54) is 31.6 Å². The molecule has 0 spiro atoms. The molecular formula is C14H22FN3. The molecule has 0 aromatic carbocycles. The van der Waals surface area contributed by atoms with Gasteiger partial charge in [-0.3, -0.25) is 4.98 Å². The first-order valence-corrected chi connectivity index (χ1v) is 6.79. The maximum Gasteiger partial charge on any atom is 0.141 e. The zero-order chi connectivity index (χ0) is 13.0. The van der Waals surface area contributed by atoms with E-state index in [-0.39, 0.29) is 11.9 Å². The van der Waals surface area contributed by atoms with Crippen molar-refractivity contribution in [2.45, 2.75) is 38.8 Å². The molecule has 1 N–H and O–H groups in total. The average molecular weight is 251 g/mol. The molecule has 1 aromatic heterocycles. The first-order valence-electron chi connectivity index (χ1n) is 6.79. The number of hydrogen-bond acceptors (Lipinski definition) is 3. The van der Waals surface area contributed by atoms with Gasteiger partial charge >= 0.3 is 0 Å². The molecule has 2 rings (SSSR count). The van der Waals surface area contributed by atoms with Crippen LogP contribution in [0.2, 0.25) is 0 Å². The van der Waals surface area contributed by atoms with Gasteiger partial charge in [0, 0.05) is 18.6 Å². The molecule has 1 aromatic rings. The molecule has 1 aliphatic rings. The molecule has 0 aliphatic carbocycles. The Bertz CT molecular complexity index is 366. The third-order valence-electron chi connectivity index (χ3n) is 3.63. The Hall–Kier alpha value is -1.00. The van der Waals surface area contributed by atoms with Gasteiger partial charge in [-0.25, -0.2) is 4.39 Å². The van der Waals surface area contributed by atoms with Crippen molar-refractivity contribution in [1.29, 1.82) is 0 Å². The van der Waals surface area contributed by atoms with Gasteiger partial charge in [0.25, 0.3) is 0 Å². The van der Waals surface area contributed by atoms with E-state index in [0.29, 0.717) is 6.04 Å². The first-order chi connectivity index (χ1) is 8.69. The number of halogens is 1. The number of piperidine rings is 1. The highest BCUT2D eigenvalue weighted by atomic mass is 19.1. The standard InChI is InChI=1S/C14H22FN3/c1-3-18-8-4-5-13(10-18)17-11(2)14-7-6-12(15)9-16-14/h6-7,9,11,13,17H,3-5,8,10H2,1-2H3. The van der Waals surface area contributed by atoms with E-state index >= 15 is 0 Å². The third-order valence-corrected chi connectivity index (χ3v) is 3.63. The van der Waals surface area contributed by atoms with E-state index in [2.05, 4.69) is 29.0 Å². The second-order valence-electron chi connectivity index (χ2n) is 5.02. The topological polar surface area (TPSA) is 28.2 Å². The number of hydrogen-bond donors (Lipinski definition) is 1. The number of likely N-dealkylation sites (tertiary alicyclic amines) is 1. The summed E-state index contributed by atoms with van der Waals surface area (Å²) >= 11 is 0. The zero-order valence-electron chi connectivity index (χ0n) is 11.2. The van der Waals surface area contributed by atoms with Gasteiger partial charge in [0.15, 0.2) is 0 Å². The molecule has 0 amide bonds. The molecule has 100 valence electrons. The fourth-order valence-corrected chi connectivity index (χ4v) is 2.56. The Kier molecular flexibility index (Phi) is 4.66. The van der Waals surface area contributed by atoms with Crippen molar-refractivity contribution in [1.82, 2.24) is 15.2 Å². The van der Waals surface area contributed by atoms with Crippen molar-refractivity contribution >= 4 is 0 Å². The molecule has 2 unspecified atom stereocenters. The van der Waals surface area contributed by atoms with Crippen LogP contribution >= 0.6 is 0 Å². The van der Waals surface area contributed by atoms with Crippen LogP contribution in [-0.2, 0) is 0 Å². The highest BCUT2D eigenvalue weighted by Gasteiger charge is 2.20. The Labute approximate surface area is 108 Å². The lowest BCUT2D eigenvalue weighted by molar-refractivity contribution is 0.191. The summed E-state index contributed by atoms with van der Waals surface area (Å²) in [5.74, 6) is -0.277. The summed E-state index contributed by atoms with van der Waals surface area (Å²) in [5, 5.41) is 3.59. The van der Waals surface area contributed by atoms with Crippen molar-refractivity contribution in [2.24, 2.45) is 0 Å². The minimum Gasteiger partial charge on any atom is -0.305 e. The first kappa shape index (κ1) is 13.4. The highest BCUT2D eigenvalue weighted by Crippen LogP contribution is 2.15. The minimum absolute atomic E-state index is 0.174. The molecule has 0 bridgehead atoms. The quantitative estimate of drug-likeness (QED) is 0.890. The third kappa shape index (κ3) is 3.50. The van der Waals surface area contributed by atoms with Crippen molar-refractivity contribution in [3.05, 3.63) is 29.8 Å². The molecule has 18 heavy (non-hydrogen) atoms. The van der Waals surface area contributed by atoms with E-state index in [1.54, 1.807) is 6.07 Å². The lowest BCUT2D eigenvalue weighted by Gasteiger charge is -2.34. The number of rotatable bonds is 4. The zero-order valence-corrected chi connectivity index (χ0v) is 11.2. The lowest BCUT2D eigenvalue weighted by Crippen LogP contribution is -2.46. The van der Waals surface area contributed by atoms with Crippen LogP contribution in [0, 0.1) is 5.82 Å². The molecule has 1 fully saturated rings. The Morgan fingerprint density at radius 1 is 1.56 bits per heavy atom. The van der Waals surface area contributed by atoms with E-state index in [9.17, 15) is 4.39 Å². The predicted octanol–water partition coefficient (Wildman–Crippen LogP) is 2.36. The van der Waals surface area contributed by atoms with Crippen molar-refractivity contribution < 1.29 is 4.39 Å². The maximum absolute atomic E-state index is 12.8. The summed E-state index contributed by atoms with van der Waals surface area (Å²) in [5.41, 5.74) is 0.907. The molecule has 4 heteroatoms. The van der Waals surface area contributed by atoms with Crippen LogP contribution in [0.1, 0.15) is 38.4 Å². The van der Waals surface area contributed by atoms with E-state index in [0.717, 1.165) is 18.8 Å². The summed E-state index contributed by atoms with van der Waals surface area (Å²) in [6, 6.07) is 3.92. The van der Waals surface area contributed by atoms with E-state index < -0.39 is 0 Å². The van der Waals surface area contributed by atoms with Gasteiger partial charge in [-0.05, 0) is 45.0 Å². The van der Waals surface area contributed by atoms with Gasteiger partial charge in [0.05, 0.1) is 11.9 Å². The summed E-state index contributed by atoms with van der Waals surface area (Å²) < 4.78 is 12.8. The fourth-order valence-electron chi connectivity index (χ4n) is 2.56. The molecule has 0 radical (unpaired) electrons. The number of nitrogens with zero attached hydrogens (tertiary/aromatic N) is 2. The fraction of sp³-hybridized carbons (Fsp3) is 0.643. The van der Waals surface area contributed by atoms with Gasteiger partial charge < -0.3 is 10.2 Å². The number of aromatic nitrogens is 1. The van der Waals surface area contributed by atoms with Crippen molar-refractivity contribution in [2.75, 3.05) is 19.6 Å². The van der Waals surface area contributed by atoms with Gasteiger partial charge in [-0.2, -0.15) is 0 Å². The second-order valence-corrected chi connectivity index (χ2v) is 5.02. The number of nitrogens with one attached hydrogen (secondary N) is 1. The number of likely N-dealkylation sites (N-methyl/N-ethyl adjacent to an activating group) is 1. The molecular weight excluding hydrogens is 229 g/mol. The van der Waals surface area contributed by atoms with E-state index in [1.807, 2.05) is 0 Å².